The van der Waals surface area contributed by atoms with Crippen LogP contribution in [0.2, 0.25) is 0 Å². The largest absolute Gasteiger partial charge is 0.467 e. The summed E-state index contributed by atoms with van der Waals surface area (Å²) in [7, 11) is 0. The van der Waals surface area contributed by atoms with Gasteiger partial charge in [-0.25, -0.2) is 4.79 Å². The fraction of sp³-hybridized carbons (Fsp3) is 0.545. The fourth-order valence-corrected chi connectivity index (χ4v) is 1.65. The van der Waals surface area contributed by atoms with Gasteiger partial charge in [0.1, 0.15) is 5.76 Å². The highest BCUT2D eigenvalue weighted by Crippen LogP contribution is 2.12. The van der Waals surface area contributed by atoms with E-state index in [0.29, 0.717) is 26.3 Å². The van der Waals surface area contributed by atoms with Crippen molar-refractivity contribution in [2.45, 2.75) is 13.0 Å². The average molecular weight is 224 g/mol. The molecule has 0 aromatic carbocycles. The zero-order valence-electron chi connectivity index (χ0n) is 9.31. The number of hydrogen-bond acceptors (Lipinski definition) is 3. The first-order valence-corrected chi connectivity index (χ1v) is 5.44. The molecule has 0 saturated carbocycles. The number of rotatable bonds is 2. The molecule has 5 nitrogen and oxygen atoms in total. The molecule has 1 N–H and O–H groups in total. The maximum absolute atomic E-state index is 11.8. The third-order valence-corrected chi connectivity index (χ3v) is 2.61. The van der Waals surface area contributed by atoms with E-state index >= 15 is 0 Å². The smallest absolute Gasteiger partial charge is 0.318 e. The van der Waals surface area contributed by atoms with Crippen LogP contribution in [0.5, 0.6) is 0 Å². The second-order valence-corrected chi connectivity index (χ2v) is 3.79. The number of nitrogens with one attached hydrogen (secondary N) is 1. The lowest BCUT2D eigenvalue weighted by Gasteiger charge is -2.28. The number of morpholine rings is 1. The highest BCUT2D eigenvalue weighted by molar-refractivity contribution is 5.74. The first kappa shape index (κ1) is 11.0. The molecule has 2 rings (SSSR count). The minimum absolute atomic E-state index is 0.0628. The molecule has 0 spiro atoms. The van der Waals surface area contributed by atoms with Crippen LogP contribution in [0, 0.1) is 0 Å². The van der Waals surface area contributed by atoms with Crippen molar-refractivity contribution >= 4 is 6.03 Å². The molecule has 0 aliphatic carbocycles. The van der Waals surface area contributed by atoms with Crippen molar-refractivity contribution in [3.05, 3.63) is 24.2 Å². The van der Waals surface area contributed by atoms with Gasteiger partial charge in [-0.3, -0.25) is 0 Å². The Kier molecular flexibility index (Phi) is 3.46. The van der Waals surface area contributed by atoms with E-state index in [4.69, 9.17) is 9.15 Å². The average Bonchev–Trinajstić information content (AvgIpc) is 2.83. The lowest BCUT2D eigenvalue weighted by atomic mass is 10.2. The maximum Gasteiger partial charge on any atom is 0.318 e. The Balaban J connectivity index is 1.86. The van der Waals surface area contributed by atoms with E-state index in [-0.39, 0.29) is 12.1 Å². The van der Waals surface area contributed by atoms with E-state index < -0.39 is 0 Å². The van der Waals surface area contributed by atoms with E-state index in [1.54, 1.807) is 11.2 Å². The summed E-state index contributed by atoms with van der Waals surface area (Å²) in [6, 6.07) is 3.49. The van der Waals surface area contributed by atoms with E-state index in [2.05, 4.69) is 5.32 Å². The van der Waals surface area contributed by atoms with Crippen LogP contribution < -0.4 is 5.32 Å². The number of nitrogens with zero attached hydrogens (tertiary/aromatic N) is 1. The summed E-state index contributed by atoms with van der Waals surface area (Å²) in [4.78, 5) is 13.6. The highest BCUT2D eigenvalue weighted by atomic mass is 16.5. The van der Waals surface area contributed by atoms with E-state index in [1.165, 1.54) is 0 Å². The number of urea groups is 1. The molecule has 16 heavy (non-hydrogen) atoms. The molecular weight excluding hydrogens is 208 g/mol. The van der Waals surface area contributed by atoms with Crippen LogP contribution in [0.4, 0.5) is 4.79 Å². The Morgan fingerprint density at radius 3 is 2.88 bits per heavy atom. The molecule has 88 valence electrons. The topological polar surface area (TPSA) is 54.7 Å². The van der Waals surface area contributed by atoms with Crippen LogP contribution in [-0.4, -0.2) is 37.2 Å². The van der Waals surface area contributed by atoms with Crippen molar-refractivity contribution in [1.29, 1.82) is 0 Å². The molecule has 1 saturated heterocycles. The molecule has 1 aromatic heterocycles. The summed E-state index contributed by atoms with van der Waals surface area (Å²) >= 11 is 0. The van der Waals surface area contributed by atoms with Gasteiger partial charge in [-0.2, -0.15) is 0 Å². The van der Waals surface area contributed by atoms with Gasteiger partial charge in [0.2, 0.25) is 0 Å². The number of hydrogen-bond donors (Lipinski definition) is 1. The number of ether oxygens (including phenoxy) is 1. The molecule has 0 radical (unpaired) electrons. The lowest BCUT2D eigenvalue weighted by molar-refractivity contribution is 0.0524. The molecule has 1 unspecified atom stereocenters. The van der Waals surface area contributed by atoms with Gasteiger partial charge < -0.3 is 19.4 Å². The summed E-state index contributed by atoms with van der Waals surface area (Å²) < 4.78 is 10.4. The van der Waals surface area contributed by atoms with Crippen LogP contribution >= 0.6 is 0 Å². The molecule has 0 bridgehead atoms. The van der Waals surface area contributed by atoms with Gasteiger partial charge in [0.25, 0.3) is 0 Å². The second kappa shape index (κ2) is 5.03. The number of carbonyl (C=O) groups excluding carboxylic acids is 1. The normalized spacial score (nSPS) is 18.2. The van der Waals surface area contributed by atoms with Crippen molar-refractivity contribution in [3.8, 4) is 0 Å². The first-order chi connectivity index (χ1) is 7.77. The van der Waals surface area contributed by atoms with Crippen LogP contribution in [0.15, 0.2) is 22.8 Å². The van der Waals surface area contributed by atoms with Crippen molar-refractivity contribution in [3.63, 3.8) is 0 Å². The molecule has 5 heteroatoms. The Labute approximate surface area is 94.4 Å². The van der Waals surface area contributed by atoms with Crippen LogP contribution in [0.25, 0.3) is 0 Å². The lowest BCUT2D eigenvalue weighted by Crippen LogP contribution is -2.46. The van der Waals surface area contributed by atoms with Crippen molar-refractivity contribution in [2.24, 2.45) is 0 Å². The van der Waals surface area contributed by atoms with E-state index in [0.717, 1.165) is 5.76 Å². The Bertz CT molecular complexity index is 331. The monoisotopic (exact) mass is 224 g/mol. The first-order valence-electron chi connectivity index (χ1n) is 5.44. The van der Waals surface area contributed by atoms with Gasteiger partial charge >= 0.3 is 6.03 Å². The molecule has 2 amide bonds. The molecule has 1 aromatic rings. The molecule has 2 heterocycles. The van der Waals surface area contributed by atoms with E-state index in [1.807, 2.05) is 19.1 Å². The predicted molar refractivity (Wildman–Crippen MR) is 58.0 cm³/mol. The maximum atomic E-state index is 11.8. The molecule has 1 fully saturated rings. The van der Waals surface area contributed by atoms with Gasteiger partial charge in [0, 0.05) is 13.1 Å². The van der Waals surface area contributed by atoms with Gasteiger partial charge in [0.05, 0.1) is 25.5 Å². The summed E-state index contributed by atoms with van der Waals surface area (Å²) in [5.41, 5.74) is 0. The van der Waals surface area contributed by atoms with Crippen molar-refractivity contribution < 1.29 is 13.9 Å². The number of furan rings is 1. The Hall–Kier alpha value is -1.49. The number of amides is 2. The van der Waals surface area contributed by atoms with Gasteiger partial charge in [-0.05, 0) is 19.1 Å². The quantitative estimate of drug-likeness (QED) is 0.825. The second-order valence-electron chi connectivity index (χ2n) is 3.79. The summed E-state index contributed by atoms with van der Waals surface area (Å²) in [5.74, 6) is 0.765. The van der Waals surface area contributed by atoms with Crippen LogP contribution in [-0.2, 0) is 4.74 Å². The molecule has 1 atom stereocenters. The van der Waals surface area contributed by atoms with Gasteiger partial charge in [0.15, 0.2) is 0 Å². The van der Waals surface area contributed by atoms with Crippen molar-refractivity contribution in [2.75, 3.05) is 26.3 Å². The third kappa shape index (κ3) is 2.55. The van der Waals surface area contributed by atoms with Crippen LogP contribution in [0.1, 0.15) is 18.7 Å². The zero-order valence-corrected chi connectivity index (χ0v) is 9.31. The Morgan fingerprint density at radius 2 is 2.25 bits per heavy atom. The van der Waals surface area contributed by atoms with Crippen molar-refractivity contribution in [1.82, 2.24) is 10.2 Å². The SMILES string of the molecule is CC(NC(=O)N1CCOCC1)c1ccco1. The van der Waals surface area contributed by atoms with Crippen LogP contribution in [0.3, 0.4) is 0 Å². The third-order valence-electron chi connectivity index (χ3n) is 2.61. The summed E-state index contributed by atoms with van der Waals surface area (Å²) in [6.07, 6.45) is 1.60. The van der Waals surface area contributed by atoms with Gasteiger partial charge in [-0.15, -0.1) is 0 Å². The van der Waals surface area contributed by atoms with E-state index in [9.17, 15) is 4.79 Å². The fourth-order valence-electron chi connectivity index (χ4n) is 1.65. The highest BCUT2D eigenvalue weighted by Gasteiger charge is 2.19. The number of carbonyl (C=O) groups is 1. The minimum Gasteiger partial charge on any atom is -0.467 e. The zero-order chi connectivity index (χ0) is 11.4. The summed E-state index contributed by atoms with van der Waals surface area (Å²) in [6.45, 7) is 4.43. The minimum atomic E-state index is -0.106. The predicted octanol–water partition coefficient (Wildman–Crippen LogP) is 1.38. The summed E-state index contributed by atoms with van der Waals surface area (Å²) in [5, 5.41) is 2.89. The standard InChI is InChI=1S/C11H16N2O3/c1-9(10-3-2-6-16-10)12-11(14)13-4-7-15-8-5-13/h2-3,6,9H,4-5,7-8H2,1H3,(H,12,14). The molecule has 1 aliphatic heterocycles. The van der Waals surface area contributed by atoms with Gasteiger partial charge in [-0.1, -0.05) is 0 Å². The Morgan fingerprint density at radius 1 is 1.50 bits per heavy atom. The molecule has 1 aliphatic rings. The molecular formula is C11H16N2O3.